The van der Waals surface area contributed by atoms with Crippen molar-refractivity contribution in [3.05, 3.63) is 47.8 Å². The van der Waals surface area contributed by atoms with E-state index in [-0.39, 0.29) is 12.5 Å². The fraction of sp³-hybridized carbons (Fsp3) is 0.211. The Labute approximate surface area is 176 Å². The highest BCUT2D eigenvalue weighted by Crippen LogP contribution is 2.38. The summed E-state index contributed by atoms with van der Waals surface area (Å²) in [7, 11) is 4.94. The predicted molar refractivity (Wildman–Crippen MR) is 110 cm³/mol. The first kappa shape index (κ1) is 19.8. The summed E-state index contributed by atoms with van der Waals surface area (Å²) in [6, 6.07) is 7.30. The molecule has 4 rings (SSSR count). The summed E-state index contributed by atoms with van der Waals surface area (Å²) in [5.74, 6) is 1.77. The molecule has 0 aliphatic rings. The maximum Gasteiger partial charge on any atom is 0.251 e. The van der Waals surface area contributed by atoms with Crippen LogP contribution in [0.1, 0.15) is 5.89 Å². The van der Waals surface area contributed by atoms with E-state index < -0.39 is 0 Å². The number of ether oxygens (including phenoxy) is 2. The molecule has 0 fully saturated rings. The van der Waals surface area contributed by atoms with Gasteiger partial charge in [-0.3, -0.25) is 4.68 Å². The second-order valence-corrected chi connectivity index (χ2v) is 6.63. The number of aromatic nitrogens is 6. The Bertz CT molecular complexity index is 1170. The van der Waals surface area contributed by atoms with Crippen LogP contribution in [-0.2, 0) is 18.4 Å². The SMILES string of the molecule is COCc1nnc(-c2cnc(Cl)cc2Nc2cccc(-c3ncn(C)n3)c2OC)o1. The summed E-state index contributed by atoms with van der Waals surface area (Å²) in [5.41, 5.74) is 2.62. The lowest BCUT2D eigenvalue weighted by Gasteiger charge is -2.15. The van der Waals surface area contributed by atoms with Crippen LogP contribution in [0.3, 0.4) is 0 Å². The van der Waals surface area contributed by atoms with Crippen LogP contribution in [0.2, 0.25) is 5.15 Å². The predicted octanol–water partition coefficient (Wildman–Crippen LogP) is 3.48. The average molecular weight is 428 g/mol. The molecular weight excluding hydrogens is 410 g/mol. The molecule has 11 heteroatoms. The summed E-state index contributed by atoms with van der Waals surface area (Å²) in [4.78, 5) is 8.45. The zero-order valence-corrected chi connectivity index (χ0v) is 17.2. The van der Waals surface area contributed by atoms with E-state index in [1.54, 1.807) is 44.5 Å². The lowest BCUT2D eigenvalue weighted by molar-refractivity contribution is 0.160. The molecule has 1 N–H and O–H groups in total. The van der Waals surface area contributed by atoms with Crippen molar-refractivity contribution in [2.75, 3.05) is 19.5 Å². The number of halogens is 1. The highest BCUT2D eigenvalue weighted by atomic mass is 35.5. The van der Waals surface area contributed by atoms with Gasteiger partial charge in [-0.15, -0.1) is 10.2 Å². The van der Waals surface area contributed by atoms with Gasteiger partial charge in [0.1, 0.15) is 18.1 Å². The van der Waals surface area contributed by atoms with Crippen molar-refractivity contribution in [1.29, 1.82) is 0 Å². The standard InChI is InChI=1S/C19H18ClN7O3/c1-27-10-22-18(26-27)11-5-4-6-13(17(11)29-3)23-14-7-15(20)21-8-12(14)19-25-24-16(30-19)9-28-2/h4-8,10H,9H2,1-3H3,(H,21,23). The molecule has 0 amide bonds. The Morgan fingerprint density at radius 2 is 2.00 bits per heavy atom. The molecule has 4 aromatic rings. The molecule has 10 nitrogen and oxygen atoms in total. The Balaban J connectivity index is 1.75. The number of aryl methyl sites for hydroxylation is 1. The van der Waals surface area contributed by atoms with Crippen molar-refractivity contribution in [3.8, 4) is 28.6 Å². The Kier molecular flexibility index (Phi) is 5.59. The summed E-state index contributed by atoms with van der Waals surface area (Å²) in [6.45, 7) is 0.212. The van der Waals surface area contributed by atoms with Crippen LogP contribution in [0.4, 0.5) is 11.4 Å². The van der Waals surface area contributed by atoms with E-state index in [9.17, 15) is 0 Å². The van der Waals surface area contributed by atoms with E-state index in [0.29, 0.717) is 39.6 Å². The minimum Gasteiger partial charge on any atom is -0.494 e. The Hall–Kier alpha value is -3.50. The number of benzene rings is 1. The molecule has 154 valence electrons. The number of hydrogen-bond donors (Lipinski definition) is 1. The molecule has 0 saturated carbocycles. The molecule has 0 radical (unpaired) electrons. The number of nitrogens with zero attached hydrogens (tertiary/aromatic N) is 6. The minimum atomic E-state index is 0.212. The number of nitrogens with one attached hydrogen (secondary N) is 1. The van der Waals surface area contributed by atoms with Gasteiger partial charge in [-0.25, -0.2) is 9.97 Å². The fourth-order valence-electron chi connectivity index (χ4n) is 2.89. The normalized spacial score (nSPS) is 10.9. The third-order valence-electron chi connectivity index (χ3n) is 4.16. The largest absolute Gasteiger partial charge is 0.494 e. The smallest absolute Gasteiger partial charge is 0.251 e. The van der Waals surface area contributed by atoms with Crippen molar-refractivity contribution < 1.29 is 13.9 Å². The van der Waals surface area contributed by atoms with Gasteiger partial charge in [0.05, 0.1) is 29.6 Å². The van der Waals surface area contributed by atoms with Gasteiger partial charge in [0, 0.05) is 20.4 Å². The summed E-state index contributed by atoms with van der Waals surface area (Å²) in [6.07, 6.45) is 3.19. The number of methoxy groups -OCH3 is 2. The molecule has 0 aliphatic heterocycles. The Morgan fingerprint density at radius 3 is 2.73 bits per heavy atom. The molecule has 0 saturated heterocycles. The van der Waals surface area contributed by atoms with E-state index in [1.165, 1.54) is 0 Å². The molecule has 3 heterocycles. The van der Waals surface area contributed by atoms with Gasteiger partial charge in [-0.2, -0.15) is 5.10 Å². The van der Waals surface area contributed by atoms with E-state index in [4.69, 9.17) is 25.5 Å². The molecule has 0 aliphatic carbocycles. The first-order valence-electron chi connectivity index (χ1n) is 8.86. The van der Waals surface area contributed by atoms with Gasteiger partial charge < -0.3 is 19.2 Å². The van der Waals surface area contributed by atoms with Gasteiger partial charge >= 0.3 is 0 Å². The van der Waals surface area contributed by atoms with Gasteiger partial charge in [-0.1, -0.05) is 17.7 Å². The van der Waals surface area contributed by atoms with Gasteiger partial charge in [0.15, 0.2) is 11.6 Å². The van der Waals surface area contributed by atoms with Gasteiger partial charge in [-0.05, 0) is 18.2 Å². The van der Waals surface area contributed by atoms with Gasteiger partial charge in [0.25, 0.3) is 5.89 Å². The van der Waals surface area contributed by atoms with Crippen LogP contribution < -0.4 is 10.1 Å². The zero-order chi connectivity index (χ0) is 21.1. The third-order valence-corrected chi connectivity index (χ3v) is 4.37. The third kappa shape index (κ3) is 3.95. The molecular formula is C19H18ClN7O3. The quantitative estimate of drug-likeness (QED) is 0.442. The van der Waals surface area contributed by atoms with E-state index in [1.807, 2.05) is 18.2 Å². The molecule has 30 heavy (non-hydrogen) atoms. The van der Waals surface area contributed by atoms with Crippen LogP contribution in [0.25, 0.3) is 22.8 Å². The second-order valence-electron chi connectivity index (χ2n) is 6.24. The van der Waals surface area contributed by atoms with E-state index >= 15 is 0 Å². The summed E-state index contributed by atoms with van der Waals surface area (Å²) < 4.78 is 18.0. The van der Waals surface area contributed by atoms with Crippen LogP contribution in [-0.4, -0.2) is 44.2 Å². The number of rotatable bonds is 7. The number of hydrogen-bond acceptors (Lipinski definition) is 9. The molecule has 3 aromatic heterocycles. The lowest BCUT2D eigenvalue weighted by atomic mass is 10.1. The fourth-order valence-corrected chi connectivity index (χ4v) is 3.05. The maximum atomic E-state index is 6.14. The molecule has 0 bridgehead atoms. The number of para-hydroxylation sites is 1. The number of anilines is 2. The van der Waals surface area contributed by atoms with E-state index in [0.717, 1.165) is 5.56 Å². The highest BCUT2D eigenvalue weighted by molar-refractivity contribution is 6.29. The van der Waals surface area contributed by atoms with Gasteiger partial charge in [0.2, 0.25) is 5.89 Å². The van der Waals surface area contributed by atoms with Crippen LogP contribution in [0.5, 0.6) is 5.75 Å². The molecule has 0 spiro atoms. The van der Waals surface area contributed by atoms with Crippen molar-refractivity contribution >= 4 is 23.0 Å². The Morgan fingerprint density at radius 1 is 1.13 bits per heavy atom. The van der Waals surface area contributed by atoms with Crippen LogP contribution in [0, 0.1) is 0 Å². The first-order valence-corrected chi connectivity index (χ1v) is 9.24. The lowest BCUT2D eigenvalue weighted by Crippen LogP contribution is -2.00. The maximum absolute atomic E-state index is 6.14. The van der Waals surface area contributed by atoms with Crippen molar-refractivity contribution in [3.63, 3.8) is 0 Å². The molecule has 0 atom stereocenters. The molecule has 1 aromatic carbocycles. The van der Waals surface area contributed by atoms with Crippen LogP contribution in [0.15, 0.2) is 41.2 Å². The average Bonchev–Trinajstić information content (AvgIpc) is 3.37. The topological polar surface area (TPSA) is 113 Å². The van der Waals surface area contributed by atoms with E-state index in [2.05, 4.69) is 30.6 Å². The van der Waals surface area contributed by atoms with Crippen LogP contribution >= 0.6 is 11.6 Å². The first-order chi connectivity index (χ1) is 14.6. The minimum absolute atomic E-state index is 0.212. The number of pyridine rings is 1. The zero-order valence-electron chi connectivity index (χ0n) is 16.5. The monoisotopic (exact) mass is 427 g/mol. The molecule has 0 unspecified atom stereocenters. The van der Waals surface area contributed by atoms with Crippen molar-refractivity contribution in [1.82, 2.24) is 29.9 Å². The summed E-state index contributed by atoms with van der Waals surface area (Å²) in [5, 5.41) is 16.0. The second kappa shape index (κ2) is 8.47. The summed E-state index contributed by atoms with van der Waals surface area (Å²) >= 11 is 6.14. The van der Waals surface area contributed by atoms with Crippen molar-refractivity contribution in [2.45, 2.75) is 6.61 Å². The highest BCUT2D eigenvalue weighted by Gasteiger charge is 2.18. The van der Waals surface area contributed by atoms with Crippen molar-refractivity contribution in [2.24, 2.45) is 7.05 Å².